The number of aromatic nitrogens is 2. The number of carbonyl (C=O) groups excluding carboxylic acids is 2. The number of amides is 2. The Morgan fingerprint density at radius 1 is 1.41 bits per heavy atom. The number of benzene rings is 1. The molecule has 9 heteroatoms. The van der Waals surface area contributed by atoms with E-state index >= 15 is 0 Å². The van der Waals surface area contributed by atoms with Crippen LogP contribution in [0.3, 0.4) is 0 Å². The molecule has 2 heterocycles. The fourth-order valence-corrected chi connectivity index (χ4v) is 3.61. The number of ether oxygens (including phenoxy) is 1. The summed E-state index contributed by atoms with van der Waals surface area (Å²) in [4.78, 5) is 30.6. The topological polar surface area (TPSA) is 124 Å². The Morgan fingerprint density at radius 3 is 2.83 bits per heavy atom. The lowest BCUT2D eigenvalue weighted by Crippen LogP contribution is -2.45. The number of fused-ring (bicyclic) bond motifs is 1. The van der Waals surface area contributed by atoms with Crippen LogP contribution in [0.5, 0.6) is 0 Å². The molecule has 156 valence electrons. The van der Waals surface area contributed by atoms with Crippen molar-refractivity contribution in [2.24, 2.45) is 5.73 Å². The molecule has 0 bridgehead atoms. The van der Waals surface area contributed by atoms with Gasteiger partial charge in [0, 0.05) is 30.6 Å². The van der Waals surface area contributed by atoms with Crippen molar-refractivity contribution in [3.63, 3.8) is 0 Å². The van der Waals surface area contributed by atoms with E-state index in [0.717, 1.165) is 11.3 Å². The molecule has 3 N–H and O–H groups in total. The maximum atomic E-state index is 12.2. The average molecular weight is 401 g/mol. The van der Waals surface area contributed by atoms with Gasteiger partial charge in [-0.1, -0.05) is 5.16 Å². The van der Waals surface area contributed by atoms with E-state index in [1.165, 1.54) is 6.92 Å². The number of nitrogens with two attached hydrogens (primary N) is 1. The fraction of sp³-hybridized carbons (Fsp3) is 0.500. The van der Waals surface area contributed by atoms with E-state index in [-0.39, 0.29) is 24.1 Å². The van der Waals surface area contributed by atoms with Gasteiger partial charge in [-0.15, -0.1) is 0 Å². The van der Waals surface area contributed by atoms with Crippen LogP contribution >= 0.6 is 0 Å². The molecule has 1 aromatic heterocycles. The first-order chi connectivity index (χ1) is 13.8. The summed E-state index contributed by atoms with van der Waals surface area (Å²) in [6.07, 6.45) is 0.364. The first kappa shape index (κ1) is 20.8. The Kier molecular flexibility index (Phi) is 6.17. The van der Waals surface area contributed by atoms with Gasteiger partial charge in [-0.05, 0) is 57.5 Å². The number of anilines is 1. The summed E-state index contributed by atoms with van der Waals surface area (Å²) < 4.78 is 10.6. The van der Waals surface area contributed by atoms with Gasteiger partial charge in [-0.3, -0.25) is 4.79 Å². The number of hydrogen-bond acceptors (Lipinski definition) is 7. The van der Waals surface area contributed by atoms with E-state index in [9.17, 15) is 9.59 Å². The second kappa shape index (κ2) is 8.60. The molecule has 1 aliphatic rings. The maximum absolute atomic E-state index is 12.2. The van der Waals surface area contributed by atoms with Crippen molar-refractivity contribution in [3.8, 4) is 11.5 Å². The number of carbonyl (C=O) groups is 2. The summed E-state index contributed by atoms with van der Waals surface area (Å²) in [6.45, 7) is 7.50. The average Bonchev–Trinajstić information content (AvgIpc) is 3.09. The summed E-state index contributed by atoms with van der Waals surface area (Å²) in [5.74, 6) is 0.847. The largest absolute Gasteiger partial charge is 0.447 e. The van der Waals surface area contributed by atoms with Crippen molar-refractivity contribution in [2.45, 2.75) is 58.7 Å². The summed E-state index contributed by atoms with van der Waals surface area (Å²) in [5.41, 5.74) is 7.80. The van der Waals surface area contributed by atoms with Crippen LogP contribution in [0.1, 0.15) is 51.5 Å². The highest BCUT2D eigenvalue weighted by atomic mass is 16.6. The molecule has 2 atom stereocenters. The third-order valence-corrected chi connectivity index (χ3v) is 4.74. The molecule has 0 unspecified atom stereocenters. The van der Waals surface area contributed by atoms with Crippen LogP contribution in [0.2, 0.25) is 0 Å². The summed E-state index contributed by atoms with van der Waals surface area (Å²) >= 11 is 0. The van der Waals surface area contributed by atoms with Gasteiger partial charge >= 0.3 is 6.09 Å². The number of hydrogen-bond donors (Lipinski definition) is 2. The van der Waals surface area contributed by atoms with Gasteiger partial charge in [0.15, 0.2) is 5.82 Å². The highest BCUT2D eigenvalue weighted by molar-refractivity contribution is 5.94. The first-order valence-corrected chi connectivity index (χ1v) is 9.74. The minimum absolute atomic E-state index is 0.0577. The Morgan fingerprint density at radius 2 is 2.17 bits per heavy atom. The lowest BCUT2D eigenvalue weighted by molar-refractivity contribution is -0.117. The van der Waals surface area contributed by atoms with Gasteiger partial charge < -0.3 is 25.2 Å². The van der Waals surface area contributed by atoms with Crippen molar-refractivity contribution < 1.29 is 18.8 Å². The molecule has 1 aromatic carbocycles. The molecule has 3 rings (SSSR count). The van der Waals surface area contributed by atoms with E-state index in [2.05, 4.69) is 15.5 Å². The quantitative estimate of drug-likeness (QED) is 0.789. The molecule has 0 spiro atoms. The van der Waals surface area contributed by atoms with Crippen LogP contribution in [0.4, 0.5) is 10.5 Å². The van der Waals surface area contributed by atoms with Gasteiger partial charge in [0.2, 0.25) is 5.91 Å². The number of alkyl carbamates (subject to hydrolysis) is 1. The minimum Gasteiger partial charge on any atom is -0.447 e. The lowest BCUT2D eigenvalue weighted by atomic mass is 9.90. The number of rotatable bonds is 5. The normalized spacial score (nSPS) is 18.5. The molecule has 0 aliphatic carbocycles. The second-order valence-electron chi connectivity index (χ2n) is 7.45. The molecule has 2 amide bonds. The number of nitrogens with one attached hydrogen (secondary N) is 1. The van der Waals surface area contributed by atoms with E-state index in [0.29, 0.717) is 36.7 Å². The minimum atomic E-state index is -0.493. The Bertz CT molecular complexity index is 895. The van der Waals surface area contributed by atoms with Gasteiger partial charge in [-0.25, -0.2) is 4.79 Å². The summed E-state index contributed by atoms with van der Waals surface area (Å²) in [6, 6.07) is 5.16. The van der Waals surface area contributed by atoms with E-state index in [1.807, 2.05) is 25.1 Å². The third-order valence-electron chi connectivity index (χ3n) is 4.74. The van der Waals surface area contributed by atoms with Crippen LogP contribution in [0, 0.1) is 0 Å². The zero-order valence-electron chi connectivity index (χ0n) is 17.1. The number of nitrogens with zero attached hydrogens (tertiary/aromatic N) is 3. The Hall–Kier alpha value is -2.94. The Labute approximate surface area is 169 Å². The first-order valence-electron chi connectivity index (χ1n) is 9.74. The van der Waals surface area contributed by atoms with E-state index in [1.54, 1.807) is 18.7 Å². The second-order valence-corrected chi connectivity index (χ2v) is 7.45. The van der Waals surface area contributed by atoms with E-state index < -0.39 is 6.09 Å². The van der Waals surface area contributed by atoms with Gasteiger partial charge in [0.1, 0.15) is 0 Å². The van der Waals surface area contributed by atoms with Crippen molar-refractivity contribution in [3.05, 3.63) is 29.6 Å². The zero-order chi connectivity index (χ0) is 21.1. The van der Waals surface area contributed by atoms with Crippen LogP contribution in [0.25, 0.3) is 11.5 Å². The monoisotopic (exact) mass is 401 g/mol. The van der Waals surface area contributed by atoms with Crippen molar-refractivity contribution in [2.75, 3.05) is 11.4 Å². The maximum Gasteiger partial charge on any atom is 0.407 e. The molecular weight excluding hydrogens is 374 g/mol. The van der Waals surface area contributed by atoms with Gasteiger partial charge in [0.25, 0.3) is 5.89 Å². The highest BCUT2D eigenvalue weighted by Gasteiger charge is 2.34. The molecule has 0 radical (unpaired) electrons. The van der Waals surface area contributed by atoms with Gasteiger partial charge in [0.05, 0.1) is 12.1 Å². The molecular formula is C20H27N5O4. The molecule has 0 saturated carbocycles. The Balaban J connectivity index is 1.98. The summed E-state index contributed by atoms with van der Waals surface area (Å²) in [5, 5.41) is 6.85. The molecule has 0 saturated heterocycles. The molecule has 0 fully saturated rings. The van der Waals surface area contributed by atoms with Crippen LogP contribution < -0.4 is 16.0 Å². The highest BCUT2D eigenvalue weighted by Crippen LogP contribution is 2.39. The van der Waals surface area contributed by atoms with E-state index in [4.69, 9.17) is 15.0 Å². The predicted molar refractivity (Wildman–Crippen MR) is 107 cm³/mol. The lowest BCUT2D eigenvalue weighted by Gasteiger charge is -2.39. The fourth-order valence-electron chi connectivity index (χ4n) is 3.61. The van der Waals surface area contributed by atoms with Gasteiger partial charge in [-0.2, -0.15) is 4.98 Å². The molecule has 2 aromatic rings. The standard InChI is InChI=1S/C20H27N5O4/c1-11(2)28-20(27)22-16-9-12(3)25(13(4)26)17-6-5-14(10-15(16)17)19-23-18(7-8-21)24-29-19/h5-6,10-12,16H,7-9,21H2,1-4H3,(H,22,27)/t12-,16+/m0/s1. The molecule has 1 aliphatic heterocycles. The van der Waals surface area contributed by atoms with Crippen LogP contribution in [-0.2, 0) is 16.0 Å². The smallest absolute Gasteiger partial charge is 0.407 e. The van der Waals surface area contributed by atoms with Crippen LogP contribution in [-0.4, -0.2) is 40.8 Å². The van der Waals surface area contributed by atoms with Crippen molar-refractivity contribution in [1.82, 2.24) is 15.5 Å². The summed E-state index contributed by atoms with van der Waals surface area (Å²) in [7, 11) is 0. The SMILES string of the molecule is CC(=O)N1c2ccc(-c3nc(CCN)no3)cc2[C@H](NC(=O)OC(C)C)C[C@@H]1C. The van der Waals surface area contributed by atoms with Crippen molar-refractivity contribution >= 4 is 17.7 Å². The zero-order valence-corrected chi connectivity index (χ0v) is 17.1. The predicted octanol–water partition coefficient (Wildman–Crippen LogP) is 2.56. The van der Waals surface area contributed by atoms with Crippen LogP contribution in [0.15, 0.2) is 22.7 Å². The molecule has 29 heavy (non-hydrogen) atoms. The molecule has 9 nitrogen and oxygen atoms in total. The third kappa shape index (κ3) is 4.56. The van der Waals surface area contributed by atoms with Crippen molar-refractivity contribution in [1.29, 1.82) is 0 Å².